The zero-order chi connectivity index (χ0) is 14.3. The molecule has 0 radical (unpaired) electrons. The second-order valence-electron chi connectivity index (χ2n) is 5.46. The van der Waals surface area contributed by atoms with Gasteiger partial charge in [0.25, 0.3) is 0 Å². The zero-order valence-electron chi connectivity index (χ0n) is 13.0. The van der Waals surface area contributed by atoms with E-state index in [0.29, 0.717) is 12.2 Å². The molecule has 0 rings (SSSR count). The van der Waals surface area contributed by atoms with E-state index in [4.69, 9.17) is 4.74 Å². The average molecular weight is 268 g/mol. The minimum Gasteiger partial charge on any atom is -0.432 e. The van der Waals surface area contributed by atoms with Gasteiger partial charge in [-0.2, -0.15) is 0 Å². The summed E-state index contributed by atoms with van der Waals surface area (Å²) in [5.41, 5.74) is 0. The maximum Gasteiger partial charge on any atom is 0.310 e. The van der Waals surface area contributed by atoms with Crippen LogP contribution in [0.15, 0.2) is 12.3 Å². The van der Waals surface area contributed by atoms with Gasteiger partial charge in [-0.15, -0.1) is 0 Å². The lowest BCUT2D eigenvalue weighted by Gasteiger charge is -2.03. The van der Waals surface area contributed by atoms with E-state index in [1.165, 1.54) is 57.8 Å². The van der Waals surface area contributed by atoms with Crippen molar-refractivity contribution in [1.29, 1.82) is 0 Å². The van der Waals surface area contributed by atoms with Crippen LogP contribution in [0.25, 0.3) is 0 Å². The van der Waals surface area contributed by atoms with Crippen LogP contribution >= 0.6 is 0 Å². The van der Waals surface area contributed by atoms with Gasteiger partial charge in [0.2, 0.25) is 0 Å². The molecule has 112 valence electrons. The SMILES string of the molecule is C=C(C)OC(=O)CCCCCCCCCCCCC. The van der Waals surface area contributed by atoms with Crippen LogP contribution in [-0.2, 0) is 9.53 Å². The summed E-state index contributed by atoms with van der Waals surface area (Å²) in [5, 5.41) is 0. The zero-order valence-corrected chi connectivity index (χ0v) is 13.0. The molecular weight excluding hydrogens is 236 g/mol. The number of esters is 1. The average Bonchev–Trinajstić information content (AvgIpc) is 2.35. The monoisotopic (exact) mass is 268 g/mol. The van der Waals surface area contributed by atoms with Crippen molar-refractivity contribution in [2.24, 2.45) is 0 Å². The highest BCUT2D eigenvalue weighted by Crippen LogP contribution is 2.12. The normalized spacial score (nSPS) is 10.4. The summed E-state index contributed by atoms with van der Waals surface area (Å²) in [6.07, 6.45) is 14.8. The maximum absolute atomic E-state index is 11.2. The van der Waals surface area contributed by atoms with Gasteiger partial charge in [-0.05, 0) is 13.3 Å². The van der Waals surface area contributed by atoms with Crippen molar-refractivity contribution < 1.29 is 9.53 Å². The van der Waals surface area contributed by atoms with Gasteiger partial charge in [-0.1, -0.05) is 77.7 Å². The molecule has 0 aromatic rings. The van der Waals surface area contributed by atoms with Crippen molar-refractivity contribution >= 4 is 5.97 Å². The minimum absolute atomic E-state index is 0.136. The fourth-order valence-corrected chi connectivity index (χ4v) is 2.18. The van der Waals surface area contributed by atoms with Gasteiger partial charge in [0, 0.05) is 6.42 Å². The number of unbranched alkanes of at least 4 members (excludes halogenated alkanes) is 10. The number of allylic oxidation sites excluding steroid dienone is 1. The van der Waals surface area contributed by atoms with Crippen LogP contribution in [0.1, 0.15) is 90.9 Å². The van der Waals surface area contributed by atoms with Gasteiger partial charge in [-0.3, -0.25) is 4.79 Å². The highest BCUT2D eigenvalue weighted by Gasteiger charge is 2.02. The van der Waals surface area contributed by atoms with Crippen molar-refractivity contribution in [3.05, 3.63) is 12.3 Å². The number of rotatable bonds is 13. The molecule has 0 saturated heterocycles. The number of hydrogen-bond donors (Lipinski definition) is 0. The Morgan fingerprint density at radius 1 is 0.842 bits per heavy atom. The van der Waals surface area contributed by atoms with Gasteiger partial charge in [0.15, 0.2) is 0 Å². The van der Waals surface area contributed by atoms with Crippen molar-refractivity contribution in [2.45, 2.75) is 90.9 Å². The molecule has 0 aliphatic carbocycles. The number of ether oxygens (including phenoxy) is 1. The smallest absolute Gasteiger partial charge is 0.310 e. The topological polar surface area (TPSA) is 26.3 Å². The molecule has 0 aliphatic rings. The lowest BCUT2D eigenvalue weighted by atomic mass is 10.1. The van der Waals surface area contributed by atoms with Gasteiger partial charge in [0.05, 0.1) is 5.76 Å². The Labute approximate surface area is 119 Å². The Balaban J connectivity index is 3.10. The molecule has 0 aromatic carbocycles. The van der Waals surface area contributed by atoms with E-state index in [1.807, 2.05) is 0 Å². The molecule has 0 unspecified atom stereocenters. The summed E-state index contributed by atoms with van der Waals surface area (Å²) in [6.45, 7) is 7.52. The Kier molecular flexibility index (Phi) is 13.1. The highest BCUT2D eigenvalue weighted by atomic mass is 16.5. The van der Waals surface area contributed by atoms with E-state index in [0.717, 1.165) is 12.8 Å². The Morgan fingerprint density at radius 3 is 1.68 bits per heavy atom. The fourth-order valence-electron chi connectivity index (χ4n) is 2.18. The standard InChI is InChI=1S/C17H32O2/c1-4-5-6-7-8-9-10-11-12-13-14-15-17(18)19-16(2)3/h2,4-15H2,1,3H3. The molecule has 2 nitrogen and oxygen atoms in total. The van der Waals surface area contributed by atoms with Crippen molar-refractivity contribution in [2.75, 3.05) is 0 Å². The lowest BCUT2D eigenvalue weighted by Crippen LogP contribution is -2.01. The van der Waals surface area contributed by atoms with Crippen LogP contribution in [0.5, 0.6) is 0 Å². The quantitative estimate of drug-likeness (QED) is 0.241. The van der Waals surface area contributed by atoms with Gasteiger partial charge in [0.1, 0.15) is 0 Å². The summed E-state index contributed by atoms with van der Waals surface area (Å²) in [6, 6.07) is 0. The van der Waals surface area contributed by atoms with Crippen LogP contribution in [0.2, 0.25) is 0 Å². The lowest BCUT2D eigenvalue weighted by molar-refractivity contribution is -0.139. The van der Waals surface area contributed by atoms with Crippen molar-refractivity contribution in [3.8, 4) is 0 Å². The number of hydrogen-bond acceptors (Lipinski definition) is 2. The van der Waals surface area contributed by atoms with E-state index in [-0.39, 0.29) is 5.97 Å². The number of carbonyl (C=O) groups is 1. The first-order valence-corrected chi connectivity index (χ1v) is 8.03. The maximum atomic E-state index is 11.2. The predicted molar refractivity (Wildman–Crippen MR) is 82.0 cm³/mol. The molecule has 2 heteroatoms. The van der Waals surface area contributed by atoms with Crippen LogP contribution in [0.3, 0.4) is 0 Å². The van der Waals surface area contributed by atoms with Crippen LogP contribution in [-0.4, -0.2) is 5.97 Å². The van der Waals surface area contributed by atoms with Crippen LogP contribution in [0, 0.1) is 0 Å². The fraction of sp³-hybridized carbons (Fsp3) is 0.824. The van der Waals surface area contributed by atoms with E-state index in [1.54, 1.807) is 6.92 Å². The highest BCUT2D eigenvalue weighted by molar-refractivity contribution is 5.70. The third-order valence-electron chi connectivity index (χ3n) is 3.27. The first kappa shape index (κ1) is 18.2. The molecule has 0 amide bonds. The molecule has 19 heavy (non-hydrogen) atoms. The van der Waals surface area contributed by atoms with Crippen LogP contribution < -0.4 is 0 Å². The van der Waals surface area contributed by atoms with E-state index < -0.39 is 0 Å². The van der Waals surface area contributed by atoms with E-state index in [9.17, 15) is 4.79 Å². The molecule has 0 atom stereocenters. The summed E-state index contributed by atoms with van der Waals surface area (Å²) in [5.74, 6) is 0.358. The molecule has 0 saturated carbocycles. The van der Waals surface area contributed by atoms with E-state index >= 15 is 0 Å². The summed E-state index contributed by atoms with van der Waals surface area (Å²) in [4.78, 5) is 11.2. The predicted octanol–water partition coefficient (Wildman–Crippen LogP) is 5.76. The summed E-state index contributed by atoms with van der Waals surface area (Å²) < 4.78 is 4.91. The molecule has 0 spiro atoms. The molecular formula is C17H32O2. The van der Waals surface area contributed by atoms with Crippen molar-refractivity contribution in [1.82, 2.24) is 0 Å². The van der Waals surface area contributed by atoms with E-state index in [2.05, 4.69) is 13.5 Å². The second-order valence-corrected chi connectivity index (χ2v) is 5.46. The molecule has 0 heterocycles. The Morgan fingerprint density at radius 2 is 1.26 bits per heavy atom. The van der Waals surface area contributed by atoms with Crippen molar-refractivity contribution in [3.63, 3.8) is 0 Å². The summed E-state index contributed by atoms with van der Waals surface area (Å²) in [7, 11) is 0. The first-order chi connectivity index (χ1) is 9.16. The largest absolute Gasteiger partial charge is 0.432 e. The second kappa shape index (κ2) is 13.6. The molecule has 0 aliphatic heterocycles. The van der Waals surface area contributed by atoms with Gasteiger partial charge < -0.3 is 4.74 Å². The minimum atomic E-state index is -0.136. The first-order valence-electron chi connectivity index (χ1n) is 8.03. The van der Waals surface area contributed by atoms with Crippen LogP contribution in [0.4, 0.5) is 0 Å². The molecule has 0 fully saturated rings. The molecule has 0 N–H and O–H groups in total. The van der Waals surface area contributed by atoms with Gasteiger partial charge in [-0.25, -0.2) is 0 Å². The Hall–Kier alpha value is -0.790. The summed E-state index contributed by atoms with van der Waals surface area (Å²) >= 11 is 0. The molecule has 0 bridgehead atoms. The van der Waals surface area contributed by atoms with Gasteiger partial charge >= 0.3 is 5.97 Å². The molecule has 0 aromatic heterocycles. The number of carbonyl (C=O) groups excluding carboxylic acids is 1. The third-order valence-corrected chi connectivity index (χ3v) is 3.27. The Bertz CT molecular complexity index is 233. The third kappa shape index (κ3) is 15.2.